The third-order valence-corrected chi connectivity index (χ3v) is 1.86. The lowest BCUT2D eigenvalue weighted by molar-refractivity contribution is -0.139. The smallest absolute Gasteiger partial charge is 0.303 e. The summed E-state index contributed by atoms with van der Waals surface area (Å²) in [7, 11) is 0. The van der Waals surface area contributed by atoms with Gasteiger partial charge in [-0.2, -0.15) is 0 Å². The summed E-state index contributed by atoms with van der Waals surface area (Å²) in [6.45, 7) is 0. The van der Waals surface area contributed by atoms with E-state index in [1.54, 1.807) is 6.07 Å². The van der Waals surface area contributed by atoms with Crippen molar-refractivity contribution in [3.8, 4) is 0 Å². The molecular weight excluding hydrogens is 188 g/mol. The summed E-state index contributed by atoms with van der Waals surface area (Å²) in [6.07, 6.45) is 2.36. The van der Waals surface area contributed by atoms with E-state index in [1.165, 1.54) is 12.5 Å². The Kier molecular flexibility index (Phi) is 3.28. The van der Waals surface area contributed by atoms with Gasteiger partial charge in [-0.3, -0.25) is 9.59 Å². The van der Waals surface area contributed by atoms with Crippen molar-refractivity contribution in [1.82, 2.24) is 0 Å². The van der Waals surface area contributed by atoms with Gasteiger partial charge in [0.25, 0.3) is 0 Å². The Bertz CT molecular complexity index is 298. The molecule has 0 aliphatic heterocycles. The van der Waals surface area contributed by atoms with Crippen molar-refractivity contribution in [3.63, 3.8) is 0 Å². The molecule has 0 aliphatic carbocycles. The number of hydrogen-bond acceptors (Lipinski definition) is 3. The molecule has 0 aromatic carbocycles. The number of carboxylic acid groups (broad SMARTS) is 2. The molecule has 0 atom stereocenters. The SMILES string of the molecule is O=C(O)CC(CC(=O)O)c1ccoc1. The largest absolute Gasteiger partial charge is 0.481 e. The minimum atomic E-state index is -1.02. The lowest BCUT2D eigenvalue weighted by Gasteiger charge is -2.08. The fourth-order valence-corrected chi connectivity index (χ4v) is 1.24. The monoisotopic (exact) mass is 198 g/mol. The molecule has 0 spiro atoms. The third kappa shape index (κ3) is 2.93. The highest BCUT2D eigenvalue weighted by atomic mass is 16.4. The Morgan fingerprint density at radius 3 is 2.21 bits per heavy atom. The van der Waals surface area contributed by atoms with Crippen LogP contribution in [0.4, 0.5) is 0 Å². The van der Waals surface area contributed by atoms with E-state index in [-0.39, 0.29) is 12.8 Å². The first-order valence-corrected chi connectivity index (χ1v) is 4.05. The highest BCUT2D eigenvalue weighted by molar-refractivity contribution is 5.72. The zero-order valence-corrected chi connectivity index (χ0v) is 7.34. The molecular formula is C9H10O5. The Hall–Kier alpha value is -1.78. The standard InChI is InChI=1S/C9H10O5/c10-8(11)3-7(4-9(12)13)6-1-2-14-5-6/h1-2,5,7H,3-4H2,(H,10,11)(H,12,13). The quantitative estimate of drug-likeness (QED) is 0.744. The molecule has 0 saturated carbocycles. The zero-order chi connectivity index (χ0) is 10.6. The van der Waals surface area contributed by atoms with E-state index in [4.69, 9.17) is 14.6 Å². The summed E-state index contributed by atoms with van der Waals surface area (Å²) < 4.78 is 4.77. The van der Waals surface area contributed by atoms with Gasteiger partial charge >= 0.3 is 11.9 Å². The Morgan fingerprint density at radius 2 is 1.86 bits per heavy atom. The Morgan fingerprint density at radius 1 is 1.29 bits per heavy atom. The van der Waals surface area contributed by atoms with Crippen LogP contribution in [0.3, 0.4) is 0 Å². The van der Waals surface area contributed by atoms with Crippen molar-refractivity contribution in [2.75, 3.05) is 0 Å². The summed E-state index contributed by atoms with van der Waals surface area (Å²) in [5.74, 6) is -2.56. The molecule has 0 amide bonds. The molecule has 14 heavy (non-hydrogen) atoms. The van der Waals surface area contributed by atoms with E-state index in [0.717, 1.165) is 0 Å². The summed E-state index contributed by atoms with van der Waals surface area (Å²) in [5.41, 5.74) is 0.606. The van der Waals surface area contributed by atoms with Crippen LogP contribution >= 0.6 is 0 Å². The number of furan rings is 1. The topological polar surface area (TPSA) is 87.7 Å². The molecule has 1 heterocycles. The van der Waals surface area contributed by atoms with Gasteiger partial charge in [-0.15, -0.1) is 0 Å². The van der Waals surface area contributed by atoms with E-state index < -0.39 is 17.9 Å². The Balaban J connectivity index is 2.71. The summed E-state index contributed by atoms with van der Waals surface area (Å²) in [4.78, 5) is 20.9. The van der Waals surface area contributed by atoms with Gasteiger partial charge in [-0.1, -0.05) is 0 Å². The second kappa shape index (κ2) is 4.45. The maximum absolute atomic E-state index is 10.5. The fraction of sp³-hybridized carbons (Fsp3) is 0.333. The maximum atomic E-state index is 10.5. The summed E-state index contributed by atoms with van der Waals surface area (Å²) in [5, 5.41) is 17.1. The van der Waals surface area contributed by atoms with Crippen molar-refractivity contribution < 1.29 is 24.2 Å². The highest BCUT2D eigenvalue weighted by Crippen LogP contribution is 2.23. The minimum Gasteiger partial charge on any atom is -0.481 e. The molecule has 0 fully saturated rings. The van der Waals surface area contributed by atoms with Crippen LogP contribution < -0.4 is 0 Å². The first-order valence-electron chi connectivity index (χ1n) is 4.05. The number of carboxylic acids is 2. The van der Waals surface area contributed by atoms with Gasteiger partial charge in [0.05, 0.1) is 25.4 Å². The predicted octanol–water partition coefficient (Wildman–Crippen LogP) is 1.31. The van der Waals surface area contributed by atoms with Crippen LogP contribution in [0, 0.1) is 0 Å². The fourth-order valence-electron chi connectivity index (χ4n) is 1.24. The van der Waals surface area contributed by atoms with Crippen LogP contribution in [-0.4, -0.2) is 22.2 Å². The highest BCUT2D eigenvalue weighted by Gasteiger charge is 2.19. The first kappa shape index (κ1) is 10.3. The molecule has 0 unspecified atom stereocenters. The predicted molar refractivity (Wildman–Crippen MR) is 46.0 cm³/mol. The van der Waals surface area contributed by atoms with Crippen LogP contribution in [0.15, 0.2) is 23.0 Å². The first-order chi connectivity index (χ1) is 6.59. The van der Waals surface area contributed by atoms with Gasteiger partial charge in [0.1, 0.15) is 0 Å². The zero-order valence-electron chi connectivity index (χ0n) is 7.34. The van der Waals surface area contributed by atoms with Crippen LogP contribution in [0.1, 0.15) is 24.3 Å². The van der Waals surface area contributed by atoms with Crippen molar-refractivity contribution in [3.05, 3.63) is 24.2 Å². The second-order valence-electron chi connectivity index (χ2n) is 2.95. The van der Waals surface area contributed by atoms with E-state index in [0.29, 0.717) is 5.56 Å². The van der Waals surface area contributed by atoms with Crippen LogP contribution in [-0.2, 0) is 9.59 Å². The van der Waals surface area contributed by atoms with Crippen LogP contribution in [0.2, 0.25) is 0 Å². The van der Waals surface area contributed by atoms with Gasteiger partial charge in [-0.05, 0) is 11.6 Å². The normalized spacial score (nSPS) is 10.4. The molecule has 0 radical (unpaired) electrons. The number of hydrogen-bond donors (Lipinski definition) is 2. The van der Waals surface area contributed by atoms with E-state index in [2.05, 4.69) is 0 Å². The third-order valence-electron chi connectivity index (χ3n) is 1.86. The lowest BCUT2D eigenvalue weighted by Crippen LogP contribution is -2.10. The number of rotatable bonds is 5. The van der Waals surface area contributed by atoms with Gasteiger partial charge < -0.3 is 14.6 Å². The average molecular weight is 198 g/mol. The molecule has 5 heteroatoms. The lowest BCUT2D eigenvalue weighted by atomic mass is 9.95. The van der Waals surface area contributed by atoms with Crippen molar-refractivity contribution in [2.45, 2.75) is 18.8 Å². The molecule has 76 valence electrons. The van der Waals surface area contributed by atoms with Crippen LogP contribution in [0.25, 0.3) is 0 Å². The molecule has 1 rings (SSSR count). The summed E-state index contributed by atoms with van der Waals surface area (Å²) in [6, 6.07) is 1.58. The molecule has 0 aliphatic rings. The van der Waals surface area contributed by atoms with Gasteiger partial charge in [0.2, 0.25) is 0 Å². The van der Waals surface area contributed by atoms with E-state index in [1.807, 2.05) is 0 Å². The molecule has 0 bridgehead atoms. The molecule has 1 aromatic heterocycles. The summed E-state index contributed by atoms with van der Waals surface area (Å²) >= 11 is 0. The van der Waals surface area contributed by atoms with Gasteiger partial charge in [-0.25, -0.2) is 0 Å². The maximum Gasteiger partial charge on any atom is 0.303 e. The van der Waals surface area contributed by atoms with Gasteiger partial charge in [0.15, 0.2) is 0 Å². The van der Waals surface area contributed by atoms with Crippen LogP contribution in [0.5, 0.6) is 0 Å². The van der Waals surface area contributed by atoms with Crippen molar-refractivity contribution >= 4 is 11.9 Å². The van der Waals surface area contributed by atoms with Crippen molar-refractivity contribution in [2.24, 2.45) is 0 Å². The molecule has 0 saturated heterocycles. The molecule has 5 nitrogen and oxygen atoms in total. The second-order valence-corrected chi connectivity index (χ2v) is 2.95. The van der Waals surface area contributed by atoms with Crippen molar-refractivity contribution in [1.29, 1.82) is 0 Å². The molecule has 1 aromatic rings. The van der Waals surface area contributed by atoms with Gasteiger partial charge in [0, 0.05) is 5.92 Å². The Labute approximate surface area is 80.0 Å². The van der Waals surface area contributed by atoms with E-state index >= 15 is 0 Å². The number of aliphatic carboxylic acids is 2. The van der Waals surface area contributed by atoms with E-state index in [9.17, 15) is 9.59 Å². The minimum absolute atomic E-state index is 0.203. The molecule has 2 N–H and O–H groups in total. The number of carbonyl (C=O) groups is 2. The average Bonchev–Trinajstić information content (AvgIpc) is 2.52.